The monoisotopic (exact) mass is 317 g/mol. The van der Waals surface area contributed by atoms with Crippen molar-refractivity contribution in [2.75, 3.05) is 19.0 Å². The molecule has 6 heteroatoms. The topological polar surface area (TPSA) is 62.7 Å². The van der Waals surface area contributed by atoms with Gasteiger partial charge in [0.25, 0.3) is 5.91 Å². The van der Waals surface area contributed by atoms with E-state index in [4.69, 9.17) is 16.3 Å². The van der Waals surface area contributed by atoms with Crippen molar-refractivity contribution in [2.45, 2.75) is 0 Å². The summed E-state index contributed by atoms with van der Waals surface area (Å²) in [5, 5.41) is 7.44. The van der Waals surface area contributed by atoms with Crippen molar-refractivity contribution in [1.82, 2.24) is 5.43 Å². The number of hydrogen-bond acceptors (Lipinski definition) is 4. The number of methoxy groups -OCH3 is 1. The van der Waals surface area contributed by atoms with E-state index in [1.807, 2.05) is 42.5 Å². The van der Waals surface area contributed by atoms with Crippen LogP contribution >= 0.6 is 11.6 Å². The van der Waals surface area contributed by atoms with Gasteiger partial charge in [-0.25, -0.2) is 5.43 Å². The van der Waals surface area contributed by atoms with Gasteiger partial charge in [-0.15, -0.1) is 0 Å². The third kappa shape index (κ3) is 4.49. The number of nitrogens with one attached hydrogen (secondary N) is 2. The second-order valence-electron chi connectivity index (χ2n) is 4.37. The lowest BCUT2D eigenvalue weighted by Crippen LogP contribution is -2.26. The molecule has 0 aliphatic carbocycles. The molecule has 0 aliphatic heterocycles. The molecule has 0 atom stereocenters. The summed E-state index contributed by atoms with van der Waals surface area (Å²) in [5.74, 6) is 0.407. The lowest BCUT2D eigenvalue weighted by Gasteiger charge is -2.09. The van der Waals surface area contributed by atoms with Crippen LogP contribution in [0, 0.1) is 0 Å². The van der Waals surface area contributed by atoms with E-state index in [2.05, 4.69) is 15.8 Å². The molecular formula is C16H16ClN3O2. The van der Waals surface area contributed by atoms with Gasteiger partial charge >= 0.3 is 0 Å². The molecule has 0 aliphatic rings. The van der Waals surface area contributed by atoms with Gasteiger partial charge in [0.1, 0.15) is 5.75 Å². The number of ether oxygens (including phenoxy) is 1. The average Bonchev–Trinajstić information content (AvgIpc) is 2.55. The molecule has 0 saturated carbocycles. The Morgan fingerprint density at radius 2 is 1.95 bits per heavy atom. The molecule has 2 N–H and O–H groups in total. The predicted octanol–water partition coefficient (Wildman–Crippen LogP) is 2.91. The lowest BCUT2D eigenvalue weighted by molar-refractivity contribution is -0.119. The van der Waals surface area contributed by atoms with Gasteiger partial charge in [-0.2, -0.15) is 5.10 Å². The van der Waals surface area contributed by atoms with Gasteiger partial charge in [0.2, 0.25) is 0 Å². The molecule has 0 heterocycles. The van der Waals surface area contributed by atoms with Gasteiger partial charge in [-0.3, -0.25) is 4.79 Å². The van der Waals surface area contributed by atoms with E-state index in [1.54, 1.807) is 13.2 Å². The van der Waals surface area contributed by atoms with E-state index >= 15 is 0 Å². The highest BCUT2D eigenvalue weighted by Gasteiger charge is 2.03. The maximum absolute atomic E-state index is 11.7. The van der Waals surface area contributed by atoms with Crippen molar-refractivity contribution in [3.8, 4) is 5.75 Å². The molecule has 114 valence electrons. The number of carbonyl (C=O) groups is 1. The van der Waals surface area contributed by atoms with Crippen molar-refractivity contribution in [2.24, 2.45) is 5.10 Å². The summed E-state index contributed by atoms with van der Waals surface area (Å²) < 4.78 is 5.19. The Labute approximate surface area is 133 Å². The average molecular weight is 318 g/mol. The van der Waals surface area contributed by atoms with E-state index in [0.717, 1.165) is 11.3 Å². The van der Waals surface area contributed by atoms with Crippen LogP contribution < -0.4 is 15.5 Å². The number of rotatable bonds is 6. The number of halogens is 1. The molecule has 0 saturated heterocycles. The molecule has 5 nitrogen and oxygen atoms in total. The predicted molar refractivity (Wildman–Crippen MR) is 88.7 cm³/mol. The van der Waals surface area contributed by atoms with E-state index in [1.165, 1.54) is 6.21 Å². The number of hydrogen-bond donors (Lipinski definition) is 2. The largest absolute Gasteiger partial charge is 0.495 e. The number of anilines is 1. The highest BCUT2D eigenvalue weighted by molar-refractivity contribution is 6.33. The van der Waals surface area contributed by atoms with Crippen molar-refractivity contribution in [3.63, 3.8) is 0 Å². The Bertz CT molecular complexity index is 674. The second kappa shape index (κ2) is 8.05. The van der Waals surface area contributed by atoms with Crippen LogP contribution in [0.15, 0.2) is 53.6 Å². The molecule has 0 aromatic heterocycles. The fourth-order valence-electron chi connectivity index (χ4n) is 1.76. The van der Waals surface area contributed by atoms with E-state index < -0.39 is 0 Å². The lowest BCUT2D eigenvalue weighted by atomic mass is 10.2. The van der Waals surface area contributed by atoms with Gasteiger partial charge in [0.15, 0.2) is 0 Å². The van der Waals surface area contributed by atoms with Crippen molar-refractivity contribution in [1.29, 1.82) is 0 Å². The maximum Gasteiger partial charge on any atom is 0.259 e. The molecule has 2 rings (SSSR count). The SMILES string of the molecule is COc1ccccc1NCC(=O)N/N=C\c1ccccc1Cl. The zero-order chi connectivity index (χ0) is 15.8. The van der Waals surface area contributed by atoms with Crippen LogP contribution in [-0.4, -0.2) is 25.8 Å². The summed E-state index contributed by atoms with van der Waals surface area (Å²) >= 11 is 5.98. The van der Waals surface area contributed by atoms with Crippen LogP contribution in [0.1, 0.15) is 5.56 Å². The molecule has 22 heavy (non-hydrogen) atoms. The number of nitrogens with zero attached hydrogens (tertiary/aromatic N) is 1. The molecule has 0 fully saturated rings. The molecule has 0 unspecified atom stereocenters. The van der Waals surface area contributed by atoms with Crippen molar-refractivity contribution in [3.05, 3.63) is 59.1 Å². The Balaban J connectivity index is 1.85. The van der Waals surface area contributed by atoms with Gasteiger partial charge in [0.05, 0.1) is 25.6 Å². The Morgan fingerprint density at radius 1 is 1.23 bits per heavy atom. The first kappa shape index (κ1) is 15.9. The number of para-hydroxylation sites is 2. The number of carbonyl (C=O) groups excluding carboxylic acids is 1. The van der Waals surface area contributed by atoms with Gasteiger partial charge in [-0.1, -0.05) is 41.9 Å². The summed E-state index contributed by atoms with van der Waals surface area (Å²) in [6, 6.07) is 14.6. The molecular weight excluding hydrogens is 302 g/mol. The minimum Gasteiger partial charge on any atom is -0.495 e. The zero-order valence-corrected chi connectivity index (χ0v) is 12.8. The number of hydrazone groups is 1. The quantitative estimate of drug-likeness (QED) is 0.636. The van der Waals surface area contributed by atoms with Gasteiger partial charge in [0, 0.05) is 10.6 Å². The fraction of sp³-hybridized carbons (Fsp3) is 0.125. The minimum absolute atomic E-state index is 0.0836. The summed E-state index contributed by atoms with van der Waals surface area (Å²) in [4.78, 5) is 11.7. The van der Waals surface area contributed by atoms with E-state index in [0.29, 0.717) is 10.8 Å². The van der Waals surface area contributed by atoms with Crippen LogP contribution in [0.2, 0.25) is 5.02 Å². The summed E-state index contributed by atoms with van der Waals surface area (Å²) in [6.07, 6.45) is 1.50. The molecule has 0 bridgehead atoms. The van der Waals surface area contributed by atoms with Crippen molar-refractivity contribution < 1.29 is 9.53 Å². The standard InChI is InChI=1S/C16H16ClN3O2/c1-22-15-9-5-4-8-14(15)18-11-16(21)20-19-10-12-6-2-3-7-13(12)17/h2-10,18H,11H2,1H3,(H,20,21)/b19-10-. The number of benzene rings is 2. The first-order valence-corrected chi connectivity index (χ1v) is 7.02. The summed E-state index contributed by atoms with van der Waals surface area (Å²) in [5.41, 5.74) is 3.92. The van der Waals surface area contributed by atoms with Crippen LogP contribution in [-0.2, 0) is 4.79 Å². The van der Waals surface area contributed by atoms with Crippen LogP contribution in [0.5, 0.6) is 5.75 Å². The van der Waals surface area contributed by atoms with Crippen LogP contribution in [0.4, 0.5) is 5.69 Å². The Morgan fingerprint density at radius 3 is 2.73 bits per heavy atom. The number of amides is 1. The van der Waals surface area contributed by atoms with Gasteiger partial charge < -0.3 is 10.1 Å². The molecule has 0 spiro atoms. The van der Waals surface area contributed by atoms with Gasteiger partial charge in [-0.05, 0) is 18.2 Å². The Hall–Kier alpha value is -2.53. The minimum atomic E-state index is -0.269. The normalized spacial score (nSPS) is 10.5. The first-order valence-electron chi connectivity index (χ1n) is 6.64. The highest BCUT2D eigenvalue weighted by Crippen LogP contribution is 2.22. The smallest absolute Gasteiger partial charge is 0.259 e. The molecule has 2 aromatic rings. The van der Waals surface area contributed by atoms with Crippen LogP contribution in [0.25, 0.3) is 0 Å². The van der Waals surface area contributed by atoms with E-state index in [9.17, 15) is 4.79 Å². The van der Waals surface area contributed by atoms with Crippen molar-refractivity contribution >= 4 is 29.4 Å². The van der Waals surface area contributed by atoms with Crippen LogP contribution in [0.3, 0.4) is 0 Å². The summed E-state index contributed by atoms with van der Waals surface area (Å²) in [7, 11) is 1.58. The Kier molecular flexibility index (Phi) is 5.80. The molecule has 1 amide bonds. The van der Waals surface area contributed by atoms with E-state index in [-0.39, 0.29) is 12.5 Å². The highest BCUT2D eigenvalue weighted by atomic mass is 35.5. The summed E-state index contributed by atoms with van der Waals surface area (Å²) in [6.45, 7) is 0.0836. The molecule has 2 aromatic carbocycles. The molecule has 0 radical (unpaired) electrons. The third-order valence-corrected chi connectivity index (χ3v) is 3.19. The third-order valence-electron chi connectivity index (χ3n) is 2.84. The first-order chi connectivity index (χ1) is 10.7. The maximum atomic E-state index is 11.7. The second-order valence-corrected chi connectivity index (χ2v) is 4.78. The zero-order valence-electron chi connectivity index (χ0n) is 12.0. The fourth-order valence-corrected chi connectivity index (χ4v) is 1.94.